The van der Waals surface area contributed by atoms with Crippen molar-refractivity contribution in [3.8, 4) is 17.1 Å². The number of hydrogen-bond donors (Lipinski definition) is 0. The molecule has 0 saturated carbocycles. The van der Waals surface area contributed by atoms with E-state index in [2.05, 4.69) is 344 Å². The molecule has 8 heteroatoms. The lowest BCUT2D eigenvalue weighted by Gasteiger charge is -2.31. The summed E-state index contributed by atoms with van der Waals surface area (Å²) in [5.41, 5.74) is 15.5. The summed E-state index contributed by atoms with van der Waals surface area (Å²) in [6.45, 7) is 0. The lowest BCUT2D eigenvalue weighted by atomic mass is 10.1. The summed E-state index contributed by atoms with van der Waals surface area (Å²) in [5, 5.41) is 6.96. The van der Waals surface area contributed by atoms with Crippen molar-refractivity contribution in [1.29, 1.82) is 0 Å². The Bertz CT molecular complexity index is 4860. The van der Waals surface area contributed by atoms with Crippen LogP contribution in [0, 0.1) is 0 Å². The molecule has 0 aliphatic heterocycles. The van der Waals surface area contributed by atoms with E-state index in [-0.39, 0.29) is 0 Å². The zero-order chi connectivity index (χ0) is 55.5. The average Bonchev–Trinajstić information content (AvgIpc) is 2.46. The molecule has 84 heavy (non-hydrogen) atoms. The zero-order valence-corrected chi connectivity index (χ0v) is 45.6. The van der Waals surface area contributed by atoms with Crippen molar-refractivity contribution in [2.75, 3.05) is 14.7 Å². The van der Waals surface area contributed by atoms with Crippen molar-refractivity contribution >= 4 is 117 Å². The molecule has 0 N–H and O–H groups in total. The van der Waals surface area contributed by atoms with Crippen LogP contribution in [-0.2, 0) is 0 Å². The highest BCUT2D eigenvalue weighted by atomic mass is 15.3. The first kappa shape index (κ1) is 48.4. The third kappa shape index (κ3) is 8.15. The fourth-order valence-corrected chi connectivity index (χ4v) is 12.5. The van der Waals surface area contributed by atoms with Crippen molar-refractivity contribution in [2.24, 2.45) is 0 Å². The minimum Gasteiger partial charge on any atom is -0.309 e. The second kappa shape index (κ2) is 20.3. The van der Waals surface area contributed by atoms with E-state index in [9.17, 15) is 0 Å². The monoisotopic (exact) mass is 1080 g/mol. The van der Waals surface area contributed by atoms with Crippen LogP contribution in [0.3, 0.4) is 0 Å². The Labute approximate surface area is 485 Å². The Balaban J connectivity index is 0.983. The molecule has 0 amide bonds. The van der Waals surface area contributed by atoms with Crippen LogP contribution in [0.1, 0.15) is 0 Å². The van der Waals surface area contributed by atoms with Gasteiger partial charge in [-0.05, 0) is 133 Å². The predicted octanol–water partition coefficient (Wildman–Crippen LogP) is 20.2. The molecule has 0 aliphatic rings. The van der Waals surface area contributed by atoms with Crippen molar-refractivity contribution < 1.29 is 0 Å². The van der Waals surface area contributed by atoms with Crippen molar-refractivity contribution in [1.82, 2.24) is 23.7 Å². The summed E-state index contributed by atoms with van der Waals surface area (Å²) in [5.74, 6) is 1.83. The first-order valence-corrected chi connectivity index (χ1v) is 28.4. The molecule has 0 aliphatic carbocycles. The van der Waals surface area contributed by atoms with E-state index in [4.69, 9.17) is 9.97 Å². The van der Waals surface area contributed by atoms with Crippen LogP contribution in [0.25, 0.3) is 82.5 Å². The van der Waals surface area contributed by atoms with E-state index < -0.39 is 0 Å². The van der Waals surface area contributed by atoms with Gasteiger partial charge < -0.3 is 13.7 Å². The minimum atomic E-state index is 0.485. The van der Waals surface area contributed by atoms with Crippen molar-refractivity contribution in [2.45, 2.75) is 0 Å². The molecule has 4 aromatic heterocycles. The predicted molar refractivity (Wildman–Crippen MR) is 349 cm³/mol. The molecule has 0 spiro atoms. The first-order chi connectivity index (χ1) is 41.7. The molecule has 0 radical (unpaired) electrons. The maximum atomic E-state index is 5.84. The van der Waals surface area contributed by atoms with E-state index in [1.807, 2.05) is 0 Å². The number of aromatic nitrogens is 5. The van der Waals surface area contributed by atoms with Gasteiger partial charge >= 0.3 is 0 Å². The normalized spacial score (nSPS) is 11.6. The Morgan fingerprint density at radius 1 is 0.202 bits per heavy atom. The summed E-state index contributed by atoms with van der Waals surface area (Å²) in [6, 6.07) is 112. The summed E-state index contributed by atoms with van der Waals surface area (Å²) < 4.78 is 7.10. The number of hydrogen-bond acceptors (Lipinski definition) is 5. The van der Waals surface area contributed by atoms with Gasteiger partial charge in [-0.3, -0.25) is 14.7 Å². The fourth-order valence-electron chi connectivity index (χ4n) is 12.5. The van der Waals surface area contributed by atoms with Gasteiger partial charge in [0.05, 0.1) is 38.8 Å². The number of benzene rings is 12. The SMILES string of the molecule is c1ccc(N(c2ccc3c(c2)c2ccccc2n3-c2ccccc2)c2cc(N(c3ccccc3)c3ccc4c5ccccc5n(-c5ccccc5)c4c3)nc(N(c3ccccc3)c3ccc4c5ccccc5n(-c5ccccc5)c4c3)n2)cc1. The highest BCUT2D eigenvalue weighted by Gasteiger charge is 2.27. The molecule has 16 aromatic rings. The summed E-state index contributed by atoms with van der Waals surface area (Å²) in [6.07, 6.45) is 0. The van der Waals surface area contributed by atoms with Crippen LogP contribution in [-0.4, -0.2) is 23.7 Å². The average molecular weight is 1080 g/mol. The van der Waals surface area contributed by atoms with Gasteiger partial charge in [0.2, 0.25) is 5.95 Å². The van der Waals surface area contributed by atoms with Gasteiger partial charge in [0.1, 0.15) is 11.6 Å². The molecule has 4 heterocycles. The van der Waals surface area contributed by atoms with E-state index in [1.54, 1.807) is 0 Å². The molecular formula is C76H52N8. The molecule has 0 unspecified atom stereocenters. The van der Waals surface area contributed by atoms with Gasteiger partial charge in [0, 0.05) is 83.9 Å². The van der Waals surface area contributed by atoms with Gasteiger partial charge in [-0.25, -0.2) is 0 Å². The van der Waals surface area contributed by atoms with Gasteiger partial charge in [-0.2, -0.15) is 9.97 Å². The van der Waals surface area contributed by atoms with Crippen LogP contribution in [0.4, 0.5) is 51.7 Å². The Hall–Kier alpha value is -11.5. The molecule has 396 valence electrons. The number of fused-ring (bicyclic) bond motifs is 9. The lowest BCUT2D eigenvalue weighted by molar-refractivity contribution is 1.04. The Morgan fingerprint density at radius 3 is 0.929 bits per heavy atom. The van der Waals surface area contributed by atoms with E-state index in [1.165, 1.54) is 10.8 Å². The smallest absolute Gasteiger partial charge is 0.238 e. The van der Waals surface area contributed by atoms with E-state index in [0.717, 1.165) is 106 Å². The van der Waals surface area contributed by atoms with Gasteiger partial charge in [-0.15, -0.1) is 0 Å². The molecule has 16 rings (SSSR count). The van der Waals surface area contributed by atoms with Crippen molar-refractivity contribution in [3.63, 3.8) is 0 Å². The summed E-state index contributed by atoms with van der Waals surface area (Å²) >= 11 is 0. The Morgan fingerprint density at radius 2 is 0.500 bits per heavy atom. The van der Waals surface area contributed by atoms with Crippen molar-refractivity contribution in [3.05, 3.63) is 315 Å². The van der Waals surface area contributed by atoms with Crippen LogP contribution in [0.2, 0.25) is 0 Å². The van der Waals surface area contributed by atoms with Gasteiger partial charge in [0.15, 0.2) is 0 Å². The van der Waals surface area contributed by atoms with Gasteiger partial charge in [0.25, 0.3) is 0 Å². The molecule has 0 fully saturated rings. The molecule has 0 saturated heterocycles. The quantitative estimate of drug-likeness (QED) is 0.122. The van der Waals surface area contributed by atoms with E-state index in [0.29, 0.717) is 17.6 Å². The third-order valence-corrected chi connectivity index (χ3v) is 16.2. The molecule has 0 bridgehead atoms. The van der Waals surface area contributed by atoms with Crippen LogP contribution < -0.4 is 14.7 Å². The number of para-hydroxylation sites is 9. The first-order valence-electron chi connectivity index (χ1n) is 28.4. The number of rotatable bonds is 12. The lowest BCUT2D eigenvalue weighted by Crippen LogP contribution is -2.20. The van der Waals surface area contributed by atoms with Crippen LogP contribution >= 0.6 is 0 Å². The second-order valence-electron chi connectivity index (χ2n) is 21.1. The molecular weight excluding hydrogens is 1020 g/mol. The minimum absolute atomic E-state index is 0.485. The van der Waals surface area contributed by atoms with Crippen LogP contribution in [0.5, 0.6) is 0 Å². The fraction of sp³-hybridized carbons (Fsp3) is 0. The maximum absolute atomic E-state index is 5.84. The summed E-state index contributed by atoms with van der Waals surface area (Å²) in [7, 11) is 0. The molecule has 8 nitrogen and oxygen atoms in total. The highest BCUT2D eigenvalue weighted by Crippen LogP contribution is 2.46. The van der Waals surface area contributed by atoms with Gasteiger partial charge in [-0.1, -0.05) is 176 Å². The zero-order valence-electron chi connectivity index (χ0n) is 45.6. The number of anilines is 9. The third-order valence-electron chi connectivity index (χ3n) is 16.2. The summed E-state index contributed by atoms with van der Waals surface area (Å²) in [4.78, 5) is 18.4. The van der Waals surface area contributed by atoms with Crippen LogP contribution in [0.15, 0.2) is 315 Å². The Kier molecular flexibility index (Phi) is 11.7. The second-order valence-corrected chi connectivity index (χ2v) is 21.1. The molecule has 12 aromatic carbocycles. The number of nitrogens with zero attached hydrogens (tertiary/aromatic N) is 8. The van der Waals surface area contributed by atoms with E-state index >= 15 is 0 Å². The highest BCUT2D eigenvalue weighted by molar-refractivity contribution is 6.13. The maximum Gasteiger partial charge on any atom is 0.238 e. The standard InChI is InChI=1S/C76H52N8/c1-7-25-53(26-8-1)79(59-45-48-71-67(49-59)64-39-21-24-42-70(64)82(71)56-31-13-4-14-32-56)74-52-75(80(54-27-9-2-10-28-54)60-43-46-65-62-37-19-22-40-68(62)83(72(65)50-60)57-33-15-5-16-34-57)78-76(77-74)81(55-29-11-3-12-30-55)61-44-47-66-63-38-20-23-41-69(63)84(73(66)51-61)58-35-17-6-18-36-58/h1-52H. The largest absolute Gasteiger partial charge is 0.309 e. The molecule has 0 atom stereocenters. The topological polar surface area (TPSA) is 50.3 Å².